The van der Waals surface area contributed by atoms with Crippen LogP contribution in [0.2, 0.25) is 0 Å². The summed E-state index contributed by atoms with van der Waals surface area (Å²) in [6, 6.07) is 7.79. The van der Waals surface area contributed by atoms with Gasteiger partial charge in [-0.05, 0) is 31.7 Å². The summed E-state index contributed by atoms with van der Waals surface area (Å²) in [6.45, 7) is 0. The number of nitrogens with zero attached hydrogens (tertiary/aromatic N) is 2. The zero-order valence-electron chi connectivity index (χ0n) is 12.1. The zero-order valence-corrected chi connectivity index (χ0v) is 12.1. The molecule has 0 unspecified atom stereocenters. The van der Waals surface area contributed by atoms with Crippen molar-refractivity contribution in [2.75, 3.05) is 7.11 Å². The molecule has 21 heavy (non-hydrogen) atoms. The predicted octanol–water partition coefficient (Wildman–Crippen LogP) is 2.40. The third kappa shape index (κ3) is 2.74. The normalized spacial score (nSPS) is 22.3. The lowest BCUT2D eigenvalue weighted by molar-refractivity contribution is 0.0656. The Morgan fingerprint density at radius 3 is 2.57 bits per heavy atom. The Labute approximate surface area is 123 Å². The lowest BCUT2D eigenvalue weighted by atomic mass is 9.84. The molecule has 1 aliphatic rings. The number of ether oxygens (including phenoxy) is 1. The van der Waals surface area contributed by atoms with Crippen LogP contribution < -0.4 is 5.73 Å². The minimum atomic E-state index is -0.576. The Kier molecular flexibility index (Phi) is 3.84. The fourth-order valence-electron chi connectivity index (χ4n) is 3.09. The first-order valence-electron chi connectivity index (χ1n) is 7.28. The molecule has 0 bridgehead atoms. The van der Waals surface area contributed by atoms with E-state index in [2.05, 4.69) is 9.97 Å². The highest BCUT2D eigenvalue weighted by Gasteiger charge is 2.25. The molecule has 1 amide bonds. The molecule has 110 valence electrons. The number of methoxy groups -OCH3 is 1. The van der Waals surface area contributed by atoms with Crippen molar-refractivity contribution in [1.29, 1.82) is 0 Å². The Hall–Kier alpha value is -2.01. The Bertz CT molecular complexity index is 664. The molecule has 1 aliphatic carbocycles. The molecule has 5 heteroatoms. The number of aromatic nitrogens is 2. The maximum atomic E-state index is 11.5. The molecule has 2 N–H and O–H groups in total. The number of hydrogen-bond donors (Lipinski definition) is 1. The average Bonchev–Trinajstić information content (AvgIpc) is 2.54. The summed E-state index contributed by atoms with van der Waals surface area (Å²) in [5.74, 6) is -0.132. The van der Waals surface area contributed by atoms with Crippen LogP contribution in [0.15, 0.2) is 24.3 Å². The van der Waals surface area contributed by atoms with E-state index in [1.807, 2.05) is 24.3 Å². The van der Waals surface area contributed by atoms with Gasteiger partial charge in [0.1, 0.15) is 0 Å². The van der Waals surface area contributed by atoms with Crippen molar-refractivity contribution in [2.45, 2.75) is 37.7 Å². The molecule has 0 atom stereocenters. The molecular weight excluding hydrogens is 266 g/mol. The van der Waals surface area contributed by atoms with Crippen molar-refractivity contribution in [3.05, 3.63) is 35.8 Å². The third-order valence-corrected chi connectivity index (χ3v) is 4.25. The Morgan fingerprint density at radius 2 is 1.90 bits per heavy atom. The number of primary amides is 1. The van der Waals surface area contributed by atoms with Gasteiger partial charge in [0.15, 0.2) is 0 Å². The standard InChI is InChI=1S/C16H19N3O2/c1-21-11-8-6-10(7-9-11)14-12-4-2-3-5-13(12)18-16(19-14)15(17)20/h2-5,10-11H,6-9H2,1H3,(H2,17,20). The van der Waals surface area contributed by atoms with Gasteiger partial charge in [-0.2, -0.15) is 0 Å². The number of carbonyl (C=O) groups is 1. The van der Waals surface area contributed by atoms with Crippen LogP contribution in [0.1, 0.15) is 47.9 Å². The molecule has 5 nitrogen and oxygen atoms in total. The first-order valence-corrected chi connectivity index (χ1v) is 7.28. The topological polar surface area (TPSA) is 78.1 Å². The van der Waals surface area contributed by atoms with Crippen molar-refractivity contribution in [2.24, 2.45) is 5.73 Å². The van der Waals surface area contributed by atoms with E-state index in [-0.39, 0.29) is 5.82 Å². The molecule has 1 aromatic heterocycles. The van der Waals surface area contributed by atoms with Crippen LogP contribution in [-0.2, 0) is 4.74 Å². The first kappa shape index (κ1) is 13.9. The van der Waals surface area contributed by atoms with Crippen molar-refractivity contribution in [3.63, 3.8) is 0 Å². The molecular formula is C16H19N3O2. The third-order valence-electron chi connectivity index (χ3n) is 4.25. The lowest BCUT2D eigenvalue weighted by Gasteiger charge is -2.27. The van der Waals surface area contributed by atoms with Gasteiger partial charge in [0.05, 0.1) is 17.3 Å². The van der Waals surface area contributed by atoms with E-state index < -0.39 is 5.91 Å². The second kappa shape index (κ2) is 5.77. The monoisotopic (exact) mass is 285 g/mol. The maximum Gasteiger partial charge on any atom is 0.286 e. The molecule has 0 radical (unpaired) electrons. The highest BCUT2D eigenvalue weighted by Crippen LogP contribution is 2.35. The Morgan fingerprint density at radius 1 is 1.19 bits per heavy atom. The van der Waals surface area contributed by atoms with Crippen LogP contribution in [0.4, 0.5) is 0 Å². The highest BCUT2D eigenvalue weighted by atomic mass is 16.5. The van der Waals surface area contributed by atoms with E-state index in [1.165, 1.54) is 0 Å². The summed E-state index contributed by atoms with van der Waals surface area (Å²) in [5.41, 5.74) is 7.09. The van der Waals surface area contributed by atoms with Gasteiger partial charge in [0.2, 0.25) is 5.82 Å². The summed E-state index contributed by atoms with van der Waals surface area (Å²) < 4.78 is 5.42. The molecule has 1 saturated carbocycles. The van der Waals surface area contributed by atoms with E-state index in [0.717, 1.165) is 42.3 Å². The van der Waals surface area contributed by atoms with Gasteiger partial charge < -0.3 is 10.5 Å². The van der Waals surface area contributed by atoms with Crippen LogP contribution in [0.25, 0.3) is 10.9 Å². The van der Waals surface area contributed by atoms with Crippen molar-refractivity contribution in [1.82, 2.24) is 9.97 Å². The number of amides is 1. The van der Waals surface area contributed by atoms with Gasteiger partial charge >= 0.3 is 0 Å². The van der Waals surface area contributed by atoms with Crippen molar-refractivity contribution >= 4 is 16.8 Å². The number of carbonyl (C=O) groups excluding carboxylic acids is 1. The fourth-order valence-corrected chi connectivity index (χ4v) is 3.09. The number of para-hydroxylation sites is 1. The van der Waals surface area contributed by atoms with Crippen LogP contribution in [0.3, 0.4) is 0 Å². The molecule has 2 aromatic rings. The van der Waals surface area contributed by atoms with Crippen LogP contribution in [-0.4, -0.2) is 29.1 Å². The zero-order chi connectivity index (χ0) is 14.8. The summed E-state index contributed by atoms with van der Waals surface area (Å²) in [4.78, 5) is 20.2. The van der Waals surface area contributed by atoms with Crippen molar-refractivity contribution in [3.8, 4) is 0 Å². The lowest BCUT2D eigenvalue weighted by Crippen LogP contribution is -2.22. The molecule has 0 spiro atoms. The number of fused-ring (bicyclic) bond motifs is 1. The molecule has 1 fully saturated rings. The number of rotatable bonds is 3. The maximum absolute atomic E-state index is 11.5. The Balaban J connectivity index is 2.02. The van der Waals surface area contributed by atoms with Gasteiger partial charge in [-0.1, -0.05) is 18.2 Å². The molecule has 0 aliphatic heterocycles. The second-order valence-corrected chi connectivity index (χ2v) is 5.52. The highest BCUT2D eigenvalue weighted by molar-refractivity contribution is 5.92. The van der Waals surface area contributed by atoms with Gasteiger partial charge in [-0.15, -0.1) is 0 Å². The quantitative estimate of drug-likeness (QED) is 0.939. The van der Waals surface area contributed by atoms with E-state index >= 15 is 0 Å². The predicted molar refractivity (Wildman–Crippen MR) is 80.1 cm³/mol. The fraction of sp³-hybridized carbons (Fsp3) is 0.438. The minimum absolute atomic E-state index is 0.109. The summed E-state index contributed by atoms with van der Waals surface area (Å²) in [7, 11) is 1.76. The number of hydrogen-bond acceptors (Lipinski definition) is 4. The van der Waals surface area contributed by atoms with Crippen molar-refractivity contribution < 1.29 is 9.53 Å². The largest absolute Gasteiger partial charge is 0.381 e. The average molecular weight is 285 g/mol. The van der Waals surface area contributed by atoms with Gasteiger partial charge in [-0.3, -0.25) is 4.79 Å². The van der Waals surface area contributed by atoms with Gasteiger partial charge in [0.25, 0.3) is 5.91 Å². The van der Waals surface area contributed by atoms with Crippen LogP contribution >= 0.6 is 0 Å². The summed E-state index contributed by atoms with van der Waals surface area (Å²) in [6.07, 6.45) is 4.40. The van der Waals surface area contributed by atoms with E-state index in [0.29, 0.717) is 12.0 Å². The molecule has 1 aromatic carbocycles. The molecule has 3 rings (SSSR count). The molecule has 0 saturated heterocycles. The first-order chi connectivity index (χ1) is 10.2. The summed E-state index contributed by atoms with van der Waals surface area (Å²) in [5, 5.41) is 1.02. The van der Waals surface area contributed by atoms with E-state index in [1.54, 1.807) is 7.11 Å². The smallest absolute Gasteiger partial charge is 0.286 e. The number of nitrogens with two attached hydrogens (primary N) is 1. The second-order valence-electron chi connectivity index (χ2n) is 5.52. The van der Waals surface area contributed by atoms with Gasteiger partial charge in [-0.25, -0.2) is 9.97 Å². The van der Waals surface area contributed by atoms with Crippen LogP contribution in [0.5, 0.6) is 0 Å². The number of benzene rings is 1. The molecule has 1 heterocycles. The van der Waals surface area contributed by atoms with E-state index in [4.69, 9.17) is 10.5 Å². The van der Waals surface area contributed by atoms with E-state index in [9.17, 15) is 4.79 Å². The SMILES string of the molecule is COC1CCC(c2nc(C(N)=O)nc3ccccc23)CC1. The van der Waals surface area contributed by atoms with Crippen LogP contribution in [0, 0.1) is 0 Å². The van der Waals surface area contributed by atoms with Gasteiger partial charge in [0, 0.05) is 18.4 Å². The summed E-state index contributed by atoms with van der Waals surface area (Å²) >= 11 is 0. The minimum Gasteiger partial charge on any atom is -0.381 e.